The van der Waals surface area contributed by atoms with E-state index >= 15 is 0 Å². The van der Waals surface area contributed by atoms with E-state index in [2.05, 4.69) is 32.9 Å². The van der Waals surface area contributed by atoms with E-state index in [-0.39, 0.29) is 10.9 Å². The van der Waals surface area contributed by atoms with E-state index < -0.39 is 0 Å². The third kappa shape index (κ3) is 4.18. The molecular formula is C14H22OS. The van der Waals surface area contributed by atoms with E-state index in [0.29, 0.717) is 0 Å². The molecule has 0 bridgehead atoms. The zero-order valence-electron chi connectivity index (χ0n) is 10.4. The Morgan fingerprint density at radius 2 is 1.88 bits per heavy atom. The molecule has 1 unspecified atom stereocenters. The van der Waals surface area contributed by atoms with Crippen molar-refractivity contribution in [3.05, 3.63) is 30.3 Å². The third-order valence-corrected chi connectivity index (χ3v) is 4.06. The predicted molar refractivity (Wildman–Crippen MR) is 71.9 cm³/mol. The van der Waals surface area contributed by atoms with Crippen LogP contribution < -0.4 is 0 Å². The predicted octanol–water partition coefficient (Wildman–Crippen LogP) is 4.11. The lowest BCUT2D eigenvalue weighted by molar-refractivity contribution is 0.130. The standard InChI is InChI=1S/C14H22OS/c1-4-5-11-13(15)14(2,3)16-12-9-7-6-8-10-12/h6-10,13,15H,4-5,11H2,1-3H3. The number of unbranched alkanes of at least 4 members (excludes halogenated alkanes) is 1. The van der Waals surface area contributed by atoms with Gasteiger partial charge in [-0.3, -0.25) is 0 Å². The molecule has 0 amide bonds. The van der Waals surface area contributed by atoms with Gasteiger partial charge in [0, 0.05) is 9.64 Å². The molecule has 1 nitrogen and oxygen atoms in total. The molecule has 90 valence electrons. The molecule has 2 heteroatoms. The van der Waals surface area contributed by atoms with Crippen molar-refractivity contribution in [3.63, 3.8) is 0 Å². The Hall–Kier alpha value is -0.470. The number of aliphatic hydroxyl groups excluding tert-OH is 1. The van der Waals surface area contributed by atoms with E-state index in [1.54, 1.807) is 11.8 Å². The molecule has 0 aliphatic rings. The van der Waals surface area contributed by atoms with E-state index in [1.165, 1.54) is 4.90 Å². The third-order valence-electron chi connectivity index (χ3n) is 2.76. The van der Waals surface area contributed by atoms with Gasteiger partial charge in [0.2, 0.25) is 0 Å². The first-order chi connectivity index (χ1) is 7.56. The van der Waals surface area contributed by atoms with E-state index in [1.807, 2.05) is 18.2 Å². The molecule has 1 rings (SSSR count). The van der Waals surface area contributed by atoms with Crippen molar-refractivity contribution < 1.29 is 5.11 Å². The molecule has 1 aromatic carbocycles. The number of hydrogen-bond acceptors (Lipinski definition) is 2. The highest BCUT2D eigenvalue weighted by molar-refractivity contribution is 8.00. The Morgan fingerprint density at radius 1 is 1.25 bits per heavy atom. The minimum absolute atomic E-state index is 0.115. The van der Waals surface area contributed by atoms with Crippen LogP contribution in [-0.4, -0.2) is 16.0 Å². The molecule has 0 aromatic heterocycles. The number of hydrogen-bond donors (Lipinski definition) is 1. The molecule has 1 atom stereocenters. The van der Waals surface area contributed by atoms with Crippen LogP contribution in [-0.2, 0) is 0 Å². The molecule has 0 heterocycles. The summed E-state index contributed by atoms with van der Waals surface area (Å²) in [6, 6.07) is 10.3. The fourth-order valence-electron chi connectivity index (χ4n) is 1.61. The van der Waals surface area contributed by atoms with Crippen molar-refractivity contribution in [1.82, 2.24) is 0 Å². The maximum atomic E-state index is 10.1. The van der Waals surface area contributed by atoms with Crippen LogP contribution in [0.5, 0.6) is 0 Å². The molecule has 0 radical (unpaired) electrons. The summed E-state index contributed by atoms with van der Waals surface area (Å²) in [6.45, 7) is 6.39. The summed E-state index contributed by atoms with van der Waals surface area (Å²) in [4.78, 5) is 1.23. The molecule has 1 aromatic rings. The van der Waals surface area contributed by atoms with Crippen molar-refractivity contribution in [1.29, 1.82) is 0 Å². The average Bonchev–Trinajstić information content (AvgIpc) is 2.26. The van der Waals surface area contributed by atoms with Crippen molar-refractivity contribution >= 4 is 11.8 Å². The van der Waals surface area contributed by atoms with Crippen molar-refractivity contribution in [2.45, 2.75) is 55.8 Å². The van der Waals surface area contributed by atoms with Gasteiger partial charge in [0.05, 0.1) is 6.10 Å². The Balaban J connectivity index is 2.56. The van der Waals surface area contributed by atoms with Crippen LogP contribution in [0, 0.1) is 0 Å². The lowest BCUT2D eigenvalue weighted by Gasteiger charge is -2.30. The zero-order chi connectivity index (χ0) is 12.0. The van der Waals surface area contributed by atoms with Crippen LogP contribution in [0.4, 0.5) is 0 Å². The lowest BCUT2D eigenvalue weighted by Crippen LogP contribution is -2.32. The minimum atomic E-state index is -0.238. The summed E-state index contributed by atoms with van der Waals surface area (Å²) < 4.78 is -0.115. The van der Waals surface area contributed by atoms with Gasteiger partial charge in [-0.2, -0.15) is 0 Å². The maximum Gasteiger partial charge on any atom is 0.0685 e. The zero-order valence-corrected chi connectivity index (χ0v) is 11.3. The highest BCUT2D eigenvalue weighted by Crippen LogP contribution is 2.36. The highest BCUT2D eigenvalue weighted by atomic mass is 32.2. The average molecular weight is 238 g/mol. The highest BCUT2D eigenvalue weighted by Gasteiger charge is 2.28. The van der Waals surface area contributed by atoms with Crippen molar-refractivity contribution in [3.8, 4) is 0 Å². The molecule has 0 saturated heterocycles. The minimum Gasteiger partial charge on any atom is -0.392 e. The van der Waals surface area contributed by atoms with E-state index in [4.69, 9.17) is 0 Å². The van der Waals surface area contributed by atoms with Crippen molar-refractivity contribution in [2.24, 2.45) is 0 Å². The quantitative estimate of drug-likeness (QED) is 0.753. The van der Waals surface area contributed by atoms with E-state index in [0.717, 1.165) is 19.3 Å². The second kappa shape index (κ2) is 6.31. The summed E-state index contributed by atoms with van der Waals surface area (Å²) in [5.74, 6) is 0. The molecule has 1 N–H and O–H groups in total. The Labute approximate surface area is 103 Å². The van der Waals surface area contributed by atoms with Crippen LogP contribution in [0.2, 0.25) is 0 Å². The maximum absolute atomic E-state index is 10.1. The monoisotopic (exact) mass is 238 g/mol. The number of aliphatic hydroxyl groups is 1. The van der Waals surface area contributed by atoms with Crippen LogP contribution in [0.1, 0.15) is 40.0 Å². The fourth-order valence-corrected chi connectivity index (χ4v) is 2.76. The van der Waals surface area contributed by atoms with Gasteiger partial charge in [0.25, 0.3) is 0 Å². The van der Waals surface area contributed by atoms with Crippen LogP contribution in [0.3, 0.4) is 0 Å². The van der Waals surface area contributed by atoms with E-state index in [9.17, 15) is 5.11 Å². The van der Waals surface area contributed by atoms with Gasteiger partial charge >= 0.3 is 0 Å². The van der Waals surface area contributed by atoms with Gasteiger partial charge in [-0.15, -0.1) is 11.8 Å². The summed E-state index contributed by atoms with van der Waals surface area (Å²) >= 11 is 1.75. The first kappa shape index (κ1) is 13.6. The SMILES string of the molecule is CCCCC(O)C(C)(C)Sc1ccccc1. The Morgan fingerprint density at radius 3 is 2.44 bits per heavy atom. The summed E-state index contributed by atoms with van der Waals surface area (Å²) in [5, 5.41) is 10.1. The topological polar surface area (TPSA) is 20.2 Å². The molecule has 0 aliphatic heterocycles. The van der Waals surface area contributed by atoms with Crippen LogP contribution in [0.15, 0.2) is 35.2 Å². The van der Waals surface area contributed by atoms with Gasteiger partial charge in [-0.05, 0) is 32.4 Å². The lowest BCUT2D eigenvalue weighted by atomic mass is 10.0. The summed E-state index contributed by atoms with van der Waals surface area (Å²) in [7, 11) is 0. The van der Waals surface area contributed by atoms with Gasteiger partial charge in [0.15, 0.2) is 0 Å². The molecule has 0 saturated carbocycles. The van der Waals surface area contributed by atoms with Gasteiger partial charge in [0.1, 0.15) is 0 Å². The Kier molecular flexibility index (Phi) is 5.36. The van der Waals surface area contributed by atoms with Crippen molar-refractivity contribution in [2.75, 3.05) is 0 Å². The van der Waals surface area contributed by atoms with Gasteiger partial charge < -0.3 is 5.11 Å². The second-order valence-electron chi connectivity index (χ2n) is 4.68. The number of thioether (sulfide) groups is 1. The largest absolute Gasteiger partial charge is 0.392 e. The molecule has 0 spiro atoms. The molecular weight excluding hydrogens is 216 g/mol. The number of rotatable bonds is 6. The smallest absolute Gasteiger partial charge is 0.0685 e. The van der Waals surface area contributed by atoms with Gasteiger partial charge in [-0.25, -0.2) is 0 Å². The van der Waals surface area contributed by atoms with Crippen LogP contribution >= 0.6 is 11.8 Å². The molecule has 0 aliphatic carbocycles. The fraction of sp³-hybridized carbons (Fsp3) is 0.571. The number of benzene rings is 1. The first-order valence-electron chi connectivity index (χ1n) is 5.98. The van der Waals surface area contributed by atoms with Gasteiger partial charge in [-0.1, -0.05) is 38.0 Å². The molecule has 0 fully saturated rings. The Bertz CT molecular complexity index is 295. The molecule has 16 heavy (non-hydrogen) atoms. The van der Waals surface area contributed by atoms with Crippen LogP contribution in [0.25, 0.3) is 0 Å². The second-order valence-corrected chi connectivity index (χ2v) is 6.40. The summed E-state index contributed by atoms with van der Waals surface area (Å²) in [5.41, 5.74) is 0. The normalized spacial score (nSPS) is 13.8. The first-order valence-corrected chi connectivity index (χ1v) is 6.80. The summed E-state index contributed by atoms with van der Waals surface area (Å²) in [6.07, 6.45) is 2.89.